The molecule has 4 heteroatoms. The molecule has 1 saturated carbocycles. The van der Waals surface area contributed by atoms with Crippen LogP contribution in [0, 0.1) is 11.8 Å². The predicted octanol–water partition coefficient (Wildman–Crippen LogP) is 4.38. The summed E-state index contributed by atoms with van der Waals surface area (Å²) in [6.07, 6.45) is 3.83. The van der Waals surface area contributed by atoms with Crippen LogP contribution < -0.4 is 5.32 Å². The molecule has 2 atom stereocenters. The summed E-state index contributed by atoms with van der Waals surface area (Å²) in [5, 5.41) is 3.05. The standard InChI is InChI=1S/C14H17Br2NO/c1-9-3-2-4-10(9)8-17-14(18)11-5-12(15)7-13(16)6-11/h5-7,9-10H,2-4,8H2,1H3,(H,17,18). The van der Waals surface area contributed by atoms with Gasteiger partial charge >= 0.3 is 0 Å². The van der Waals surface area contributed by atoms with E-state index in [2.05, 4.69) is 44.1 Å². The molecule has 1 amide bonds. The van der Waals surface area contributed by atoms with E-state index in [4.69, 9.17) is 0 Å². The first kappa shape index (κ1) is 14.1. The van der Waals surface area contributed by atoms with Crippen molar-refractivity contribution in [2.45, 2.75) is 26.2 Å². The normalized spacial score (nSPS) is 23.1. The zero-order valence-corrected chi connectivity index (χ0v) is 13.6. The van der Waals surface area contributed by atoms with Gasteiger partial charge in [0.1, 0.15) is 0 Å². The predicted molar refractivity (Wildman–Crippen MR) is 80.7 cm³/mol. The minimum Gasteiger partial charge on any atom is -0.352 e. The minimum absolute atomic E-state index is 0.0103. The summed E-state index contributed by atoms with van der Waals surface area (Å²) in [6.45, 7) is 3.07. The molecule has 0 bridgehead atoms. The Kier molecular flexibility index (Phi) is 4.84. The molecule has 0 spiro atoms. The second-order valence-electron chi connectivity index (χ2n) is 5.04. The van der Waals surface area contributed by atoms with Crippen LogP contribution in [0.15, 0.2) is 27.1 Å². The zero-order valence-electron chi connectivity index (χ0n) is 10.4. The quantitative estimate of drug-likeness (QED) is 0.835. The number of rotatable bonds is 3. The highest BCUT2D eigenvalue weighted by Crippen LogP contribution is 2.30. The molecule has 1 N–H and O–H groups in total. The van der Waals surface area contributed by atoms with Crippen LogP contribution in [0.25, 0.3) is 0 Å². The molecular formula is C14H17Br2NO. The number of benzene rings is 1. The molecule has 1 aliphatic carbocycles. The van der Waals surface area contributed by atoms with Crippen molar-refractivity contribution in [3.05, 3.63) is 32.7 Å². The van der Waals surface area contributed by atoms with Gasteiger partial charge in [-0.25, -0.2) is 0 Å². The van der Waals surface area contributed by atoms with Crippen LogP contribution in [0.4, 0.5) is 0 Å². The molecular weight excluding hydrogens is 358 g/mol. The van der Waals surface area contributed by atoms with Gasteiger partial charge in [-0.3, -0.25) is 4.79 Å². The highest BCUT2D eigenvalue weighted by Gasteiger charge is 2.23. The van der Waals surface area contributed by atoms with E-state index in [0.717, 1.165) is 21.4 Å². The summed E-state index contributed by atoms with van der Waals surface area (Å²) in [4.78, 5) is 12.1. The van der Waals surface area contributed by atoms with Gasteiger partial charge in [0.15, 0.2) is 0 Å². The van der Waals surface area contributed by atoms with Crippen molar-refractivity contribution >= 4 is 37.8 Å². The molecule has 0 heterocycles. The highest BCUT2D eigenvalue weighted by atomic mass is 79.9. The van der Waals surface area contributed by atoms with Crippen molar-refractivity contribution in [2.75, 3.05) is 6.54 Å². The fourth-order valence-electron chi connectivity index (χ4n) is 2.54. The lowest BCUT2D eigenvalue weighted by Crippen LogP contribution is -2.30. The van der Waals surface area contributed by atoms with Crippen molar-refractivity contribution < 1.29 is 4.79 Å². The number of nitrogens with one attached hydrogen (secondary N) is 1. The van der Waals surface area contributed by atoms with Gasteiger partial charge in [0, 0.05) is 21.1 Å². The number of halogens is 2. The summed E-state index contributed by atoms with van der Waals surface area (Å²) in [5.74, 6) is 1.39. The van der Waals surface area contributed by atoms with E-state index in [0.29, 0.717) is 11.5 Å². The molecule has 1 aliphatic rings. The van der Waals surface area contributed by atoms with E-state index in [-0.39, 0.29) is 5.91 Å². The third kappa shape index (κ3) is 3.58. The molecule has 98 valence electrons. The third-order valence-corrected chi connectivity index (χ3v) is 4.60. The van der Waals surface area contributed by atoms with Crippen LogP contribution >= 0.6 is 31.9 Å². The Morgan fingerprint density at radius 3 is 2.50 bits per heavy atom. The van der Waals surface area contributed by atoms with E-state index < -0.39 is 0 Å². The van der Waals surface area contributed by atoms with Gasteiger partial charge in [0.05, 0.1) is 0 Å². The second-order valence-corrected chi connectivity index (χ2v) is 6.87. The van der Waals surface area contributed by atoms with Crippen LogP contribution in [0.2, 0.25) is 0 Å². The molecule has 0 aromatic heterocycles. The minimum atomic E-state index is 0.0103. The van der Waals surface area contributed by atoms with E-state index in [1.54, 1.807) is 0 Å². The molecule has 2 rings (SSSR count). The smallest absolute Gasteiger partial charge is 0.251 e. The Morgan fingerprint density at radius 1 is 1.28 bits per heavy atom. The SMILES string of the molecule is CC1CCCC1CNC(=O)c1cc(Br)cc(Br)c1. The van der Waals surface area contributed by atoms with E-state index in [9.17, 15) is 4.79 Å². The largest absolute Gasteiger partial charge is 0.352 e. The molecule has 1 aromatic rings. The first-order chi connectivity index (χ1) is 8.56. The fraction of sp³-hybridized carbons (Fsp3) is 0.500. The molecule has 0 aliphatic heterocycles. The molecule has 1 fully saturated rings. The Labute approximate surface area is 125 Å². The topological polar surface area (TPSA) is 29.1 Å². The van der Waals surface area contributed by atoms with Gasteiger partial charge in [-0.1, -0.05) is 51.6 Å². The highest BCUT2D eigenvalue weighted by molar-refractivity contribution is 9.11. The van der Waals surface area contributed by atoms with Crippen LogP contribution in [0.1, 0.15) is 36.5 Å². The maximum Gasteiger partial charge on any atom is 0.251 e. The zero-order chi connectivity index (χ0) is 13.1. The number of carbonyl (C=O) groups excluding carboxylic acids is 1. The van der Waals surface area contributed by atoms with E-state index in [1.807, 2.05) is 18.2 Å². The van der Waals surface area contributed by atoms with Crippen LogP contribution in [0.3, 0.4) is 0 Å². The van der Waals surface area contributed by atoms with Crippen molar-refractivity contribution in [2.24, 2.45) is 11.8 Å². The Balaban J connectivity index is 1.95. The molecule has 0 saturated heterocycles. The molecule has 2 unspecified atom stereocenters. The van der Waals surface area contributed by atoms with Gasteiger partial charge in [-0.15, -0.1) is 0 Å². The van der Waals surface area contributed by atoms with E-state index in [1.165, 1.54) is 19.3 Å². The number of amides is 1. The van der Waals surface area contributed by atoms with E-state index >= 15 is 0 Å². The summed E-state index contributed by atoms with van der Waals surface area (Å²) >= 11 is 6.80. The molecule has 2 nitrogen and oxygen atoms in total. The van der Waals surface area contributed by atoms with Crippen molar-refractivity contribution in [3.63, 3.8) is 0 Å². The summed E-state index contributed by atoms with van der Waals surface area (Å²) < 4.78 is 1.83. The lowest BCUT2D eigenvalue weighted by Gasteiger charge is -2.16. The maximum absolute atomic E-state index is 12.1. The lowest BCUT2D eigenvalue weighted by atomic mass is 9.98. The third-order valence-electron chi connectivity index (χ3n) is 3.69. The lowest BCUT2D eigenvalue weighted by molar-refractivity contribution is 0.0944. The first-order valence-electron chi connectivity index (χ1n) is 6.30. The van der Waals surface area contributed by atoms with Gasteiger partial charge in [0.25, 0.3) is 5.91 Å². The van der Waals surface area contributed by atoms with Crippen molar-refractivity contribution in [1.29, 1.82) is 0 Å². The number of hydrogen-bond donors (Lipinski definition) is 1. The van der Waals surface area contributed by atoms with Gasteiger partial charge in [-0.2, -0.15) is 0 Å². The maximum atomic E-state index is 12.1. The van der Waals surface area contributed by atoms with Crippen molar-refractivity contribution in [3.8, 4) is 0 Å². The summed E-state index contributed by atoms with van der Waals surface area (Å²) in [5.41, 5.74) is 0.696. The Bertz CT molecular complexity index is 427. The molecule has 18 heavy (non-hydrogen) atoms. The second kappa shape index (κ2) is 6.20. The summed E-state index contributed by atoms with van der Waals surface area (Å²) in [7, 11) is 0. The van der Waals surface area contributed by atoms with Crippen LogP contribution in [0.5, 0.6) is 0 Å². The van der Waals surface area contributed by atoms with Crippen molar-refractivity contribution in [1.82, 2.24) is 5.32 Å². The fourth-order valence-corrected chi connectivity index (χ4v) is 3.83. The molecule has 1 aromatic carbocycles. The van der Waals surface area contributed by atoms with Gasteiger partial charge in [-0.05, 0) is 36.5 Å². The molecule has 0 radical (unpaired) electrons. The number of hydrogen-bond acceptors (Lipinski definition) is 1. The van der Waals surface area contributed by atoms with Gasteiger partial charge in [0.2, 0.25) is 0 Å². The first-order valence-corrected chi connectivity index (χ1v) is 7.89. The average molecular weight is 375 g/mol. The summed E-state index contributed by atoms with van der Waals surface area (Å²) in [6, 6.07) is 5.62. The van der Waals surface area contributed by atoms with Crippen LogP contribution in [-0.4, -0.2) is 12.5 Å². The van der Waals surface area contributed by atoms with Crippen LogP contribution in [-0.2, 0) is 0 Å². The Hall–Kier alpha value is -0.350. The average Bonchev–Trinajstić information content (AvgIpc) is 2.70. The monoisotopic (exact) mass is 373 g/mol. The van der Waals surface area contributed by atoms with Gasteiger partial charge < -0.3 is 5.32 Å². The Morgan fingerprint density at radius 2 is 1.94 bits per heavy atom. The number of carbonyl (C=O) groups is 1.